The maximum atomic E-state index is 10.6. The second-order valence-electron chi connectivity index (χ2n) is 8.28. The van der Waals surface area contributed by atoms with Gasteiger partial charge in [-0.25, -0.2) is 0 Å². The van der Waals surface area contributed by atoms with Gasteiger partial charge in [-0.1, -0.05) is 44.8 Å². The predicted octanol–water partition coefficient (Wildman–Crippen LogP) is 6.47. The van der Waals surface area contributed by atoms with Gasteiger partial charge in [0.1, 0.15) is 0 Å². The summed E-state index contributed by atoms with van der Waals surface area (Å²) in [5.41, 5.74) is 0. The first-order valence-electron chi connectivity index (χ1n) is 11.3. The van der Waals surface area contributed by atoms with Crippen LogP contribution < -0.4 is 0 Å². The fraction of sp³-hybridized carbons (Fsp3) is 0.870. The average Bonchev–Trinajstić information content (AvgIpc) is 3.25. The van der Waals surface area contributed by atoms with E-state index in [4.69, 9.17) is 9.84 Å². The van der Waals surface area contributed by atoms with Gasteiger partial charge in [-0.2, -0.15) is 11.8 Å². The predicted molar refractivity (Wildman–Crippen MR) is 115 cm³/mol. The topological polar surface area (TPSA) is 46.5 Å². The zero-order valence-electron chi connectivity index (χ0n) is 17.2. The second kappa shape index (κ2) is 13.7. The van der Waals surface area contributed by atoms with Crippen LogP contribution in [0.3, 0.4) is 0 Å². The van der Waals surface area contributed by atoms with Crippen LogP contribution in [-0.2, 0) is 9.53 Å². The third-order valence-electron chi connectivity index (χ3n) is 6.15. The molecule has 0 radical (unpaired) electrons. The van der Waals surface area contributed by atoms with Crippen molar-refractivity contribution in [2.45, 2.75) is 101 Å². The Balaban J connectivity index is 1.57. The fourth-order valence-corrected chi connectivity index (χ4v) is 6.70. The number of unbranched alkanes of at least 4 members (excludes halogenated alkanes) is 5. The molecule has 0 saturated carbocycles. The van der Waals surface area contributed by atoms with E-state index in [0.29, 0.717) is 0 Å². The Kier molecular flexibility index (Phi) is 11.5. The van der Waals surface area contributed by atoms with Crippen molar-refractivity contribution in [1.29, 1.82) is 0 Å². The van der Waals surface area contributed by atoms with Gasteiger partial charge in [-0.15, -0.1) is 0 Å². The standard InChI is InChI=1S/C23H40O3S/c1-2-3-4-10-17-26-18-11-9-13-20-19(21-15-16-22(20)27-21)12-7-5-6-8-14-23(24)25/h5,7,19-22H,2-4,6,8-18H2,1H3,(H,24,25)/t19-,20+,21-,22+/m1/s1. The molecule has 2 saturated heterocycles. The molecule has 0 aromatic carbocycles. The summed E-state index contributed by atoms with van der Waals surface area (Å²) in [6.45, 7) is 4.13. The van der Waals surface area contributed by atoms with Gasteiger partial charge in [0.2, 0.25) is 0 Å². The molecule has 4 heteroatoms. The highest BCUT2D eigenvalue weighted by Crippen LogP contribution is 2.55. The highest BCUT2D eigenvalue weighted by molar-refractivity contribution is 8.01. The molecule has 2 fully saturated rings. The number of carboxylic acids is 1. The van der Waals surface area contributed by atoms with Gasteiger partial charge in [-0.05, 0) is 63.2 Å². The number of carbonyl (C=O) groups is 1. The summed E-state index contributed by atoms with van der Waals surface area (Å²) in [7, 11) is 0. The van der Waals surface area contributed by atoms with E-state index in [0.717, 1.165) is 48.4 Å². The lowest BCUT2D eigenvalue weighted by Gasteiger charge is -2.29. The molecule has 4 atom stereocenters. The summed E-state index contributed by atoms with van der Waals surface area (Å²) < 4.78 is 5.79. The molecule has 27 heavy (non-hydrogen) atoms. The van der Waals surface area contributed by atoms with Crippen molar-refractivity contribution in [3.63, 3.8) is 0 Å². The number of aliphatic carboxylic acids is 1. The first-order valence-corrected chi connectivity index (χ1v) is 12.3. The molecule has 0 amide bonds. The van der Waals surface area contributed by atoms with Gasteiger partial charge < -0.3 is 9.84 Å². The highest BCUT2D eigenvalue weighted by Gasteiger charge is 2.46. The van der Waals surface area contributed by atoms with E-state index in [2.05, 4.69) is 30.8 Å². The molecule has 2 heterocycles. The maximum Gasteiger partial charge on any atom is 0.303 e. The molecule has 156 valence electrons. The summed E-state index contributed by atoms with van der Waals surface area (Å²) >= 11 is 2.26. The van der Waals surface area contributed by atoms with Crippen molar-refractivity contribution in [1.82, 2.24) is 0 Å². The van der Waals surface area contributed by atoms with E-state index in [-0.39, 0.29) is 6.42 Å². The molecule has 0 aliphatic carbocycles. The third-order valence-corrected chi connectivity index (χ3v) is 8.01. The number of carboxylic acid groups (broad SMARTS) is 1. The number of hydrogen-bond donors (Lipinski definition) is 1. The van der Waals surface area contributed by atoms with Gasteiger partial charge in [0.25, 0.3) is 0 Å². The molecular weight excluding hydrogens is 356 g/mol. The quantitative estimate of drug-likeness (QED) is 0.240. The molecule has 0 unspecified atom stereocenters. The third kappa shape index (κ3) is 8.60. The van der Waals surface area contributed by atoms with Crippen LogP contribution in [0, 0.1) is 11.8 Å². The van der Waals surface area contributed by atoms with Crippen molar-refractivity contribution in [2.75, 3.05) is 13.2 Å². The van der Waals surface area contributed by atoms with Crippen LogP contribution in [0.2, 0.25) is 0 Å². The Bertz CT molecular complexity index is 437. The molecule has 0 spiro atoms. The SMILES string of the molecule is CCCCCCOCCCC[C@H]1[C@@H](CC=CCCCC(=O)O)[C@H]2CC[C@@H]1S2. The van der Waals surface area contributed by atoms with E-state index in [9.17, 15) is 4.79 Å². The summed E-state index contributed by atoms with van der Waals surface area (Å²) in [6.07, 6.45) is 19.6. The van der Waals surface area contributed by atoms with E-state index in [1.807, 2.05) is 0 Å². The lowest BCUT2D eigenvalue weighted by Crippen LogP contribution is -2.26. The smallest absolute Gasteiger partial charge is 0.303 e. The Morgan fingerprint density at radius 3 is 2.48 bits per heavy atom. The molecule has 2 aliphatic heterocycles. The number of thioether (sulfide) groups is 1. The Morgan fingerprint density at radius 2 is 1.74 bits per heavy atom. The van der Waals surface area contributed by atoms with Crippen LogP contribution in [0.4, 0.5) is 0 Å². The van der Waals surface area contributed by atoms with Crippen LogP contribution in [0.15, 0.2) is 12.2 Å². The molecule has 2 aliphatic rings. The van der Waals surface area contributed by atoms with Crippen molar-refractivity contribution >= 4 is 17.7 Å². The van der Waals surface area contributed by atoms with Crippen LogP contribution in [-0.4, -0.2) is 34.8 Å². The van der Waals surface area contributed by atoms with Crippen LogP contribution in [0.25, 0.3) is 0 Å². The van der Waals surface area contributed by atoms with Crippen molar-refractivity contribution in [3.05, 3.63) is 12.2 Å². The molecule has 0 aromatic rings. The van der Waals surface area contributed by atoms with Crippen LogP contribution in [0.5, 0.6) is 0 Å². The molecule has 2 rings (SSSR count). The van der Waals surface area contributed by atoms with Gasteiger partial charge >= 0.3 is 5.97 Å². The number of fused-ring (bicyclic) bond motifs is 2. The number of hydrogen-bond acceptors (Lipinski definition) is 3. The first kappa shape index (κ1) is 22.8. The summed E-state index contributed by atoms with van der Waals surface area (Å²) in [6, 6.07) is 0. The highest BCUT2D eigenvalue weighted by atomic mass is 32.2. The summed E-state index contributed by atoms with van der Waals surface area (Å²) in [5.74, 6) is 1.05. The lowest BCUT2D eigenvalue weighted by atomic mass is 9.75. The van der Waals surface area contributed by atoms with E-state index in [1.54, 1.807) is 0 Å². The van der Waals surface area contributed by atoms with E-state index >= 15 is 0 Å². The van der Waals surface area contributed by atoms with Gasteiger partial charge in [0.15, 0.2) is 0 Å². The fourth-order valence-electron chi connectivity index (χ4n) is 4.66. The second-order valence-corrected chi connectivity index (χ2v) is 9.76. The number of ether oxygens (including phenoxy) is 1. The van der Waals surface area contributed by atoms with Gasteiger partial charge in [0.05, 0.1) is 0 Å². The van der Waals surface area contributed by atoms with Crippen LogP contribution >= 0.6 is 11.8 Å². The van der Waals surface area contributed by atoms with Crippen molar-refractivity contribution in [2.24, 2.45) is 11.8 Å². The number of allylic oxidation sites excluding steroid dienone is 2. The Morgan fingerprint density at radius 1 is 1.00 bits per heavy atom. The minimum atomic E-state index is -0.682. The van der Waals surface area contributed by atoms with Crippen LogP contribution in [0.1, 0.15) is 90.4 Å². The Hall–Kier alpha value is -0.480. The maximum absolute atomic E-state index is 10.6. The average molecular weight is 397 g/mol. The normalized spacial score (nSPS) is 27.0. The molecule has 2 bridgehead atoms. The van der Waals surface area contributed by atoms with Crippen molar-refractivity contribution in [3.8, 4) is 0 Å². The monoisotopic (exact) mass is 396 g/mol. The number of rotatable bonds is 16. The summed E-state index contributed by atoms with van der Waals surface area (Å²) in [4.78, 5) is 10.6. The van der Waals surface area contributed by atoms with Gasteiger partial charge in [0, 0.05) is 30.1 Å². The largest absolute Gasteiger partial charge is 0.481 e. The van der Waals surface area contributed by atoms with E-state index < -0.39 is 5.97 Å². The summed E-state index contributed by atoms with van der Waals surface area (Å²) in [5, 5.41) is 10.5. The minimum absolute atomic E-state index is 0.289. The minimum Gasteiger partial charge on any atom is -0.481 e. The molecule has 3 nitrogen and oxygen atoms in total. The molecule has 1 N–H and O–H groups in total. The first-order chi connectivity index (χ1) is 13.2. The Labute approximate surface area is 170 Å². The lowest BCUT2D eigenvalue weighted by molar-refractivity contribution is -0.137. The van der Waals surface area contributed by atoms with E-state index in [1.165, 1.54) is 64.2 Å². The molecular formula is C23H40O3S. The molecule has 0 aromatic heterocycles. The zero-order valence-corrected chi connectivity index (χ0v) is 18.1. The zero-order chi connectivity index (χ0) is 19.3. The van der Waals surface area contributed by atoms with Crippen molar-refractivity contribution < 1.29 is 14.6 Å². The van der Waals surface area contributed by atoms with Gasteiger partial charge in [-0.3, -0.25) is 4.79 Å².